The second kappa shape index (κ2) is 2.49. The van der Waals surface area contributed by atoms with Gasteiger partial charge in [-0.1, -0.05) is 6.08 Å². The van der Waals surface area contributed by atoms with E-state index in [2.05, 4.69) is 5.10 Å². The molecule has 0 saturated carbocycles. The summed E-state index contributed by atoms with van der Waals surface area (Å²) in [5.41, 5.74) is 1.15. The molecule has 2 nitrogen and oxygen atoms in total. The van der Waals surface area contributed by atoms with E-state index < -0.39 is 0 Å². The fourth-order valence-corrected chi connectivity index (χ4v) is 0.610. The summed E-state index contributed by atoms with van der Waals surface area (Å²) in [6, 6.07) is 1.91. The Labute approximate surface area is 54.8 Å². The average Bonchev–Trinajstić information content (AvgIpc) is 2.37. The molecule has 0 fully saturated rings. The lowest BCUT2D eigenvalue weighted by Crippen LogP contribution is -1.91. The molecule has 0 bridgehead atoms. The zero-order valence-electron chi connectivity index (χ0n) is 5.70. The van der Waals surface area contributed by atoms with E-state index in [0.29, 0.717) is 0 Å². The Bertz CT molecular complexity index is 197. The molecular weight excluding hydrogens is 112 g/mol. The van der Waals surface area contributed by atoms with Crippen LogP contribution < -0.4 is 0 Å². The van der Waals surface area contributed by atoms with Crippen LogP contribution in [0.1, 0.15) is 13.8 Å². The quantitative estimate of drug-likeness (QED) is 0.555. The Balaban J connectivity index is 2.90. The van der Waals surface area contributed by atoms with Gasteiger partial charge in [0.2, 0.25) is 0 Å². The molecule has 0 atom stereocenters. The second-order valence-corrected chi connectivity index (χ2v) is 1.88. The maximum atomic E-state index is 4.04. The van der Waals surface area contributed by atoms with E-state index in [9.17, 15) is 0 Å². The van der Waals surface area contributed by atoms with E-state index in [-0.39, 0.29) is 0 Å². The van der Waals surface area contributed by atoms with E-state index in [4.69, 9.17) is 0 Å². The van der Waals surface area contributed by atoms with Gasteiger partial charge in [-0.3, -0.25) is 0 Å². The molecule has 0 aliphatic carbocycles. The lowest BCUT2D eigenvalue weighted by Gasteiger charge is -1.96. The van der Waals surface area contributed by atoms with Gasteiger partial charge in [0.15, 0.2) is 0 Å². The van der Waals surface area contributed by atoms with Crippen molar-refractivity contribution in [3.8, 4) is 0 Å². The summed E-state index contributed by atoms with van der Waals surface area (Å²) in [5, 5.41) is 4.04. The number of nitrogens with zero attached hydrogens (tertiary/aromatic N) is 2. The highest BCUT2D eigenvalue weighted by Crippen LogP contribution is 1.98. The zero-order chi connectivity index (χ0) is 6.69. The fraction of sp³-hybridized carbons (Fsp3) is 0.286. The molecule has 1 rings (SSSR count). The second-order valence-electron chi connectivity index (χ2n) is 1.88. The van der Waals surface area contributed by atoms with Crippen molar-refractivity contribution in [1.82, 2.24) is 9.78 Å². The molecule has 48 valence electrons. The first kappa shape index (κ1) is 6.08. The third-order valence-electron chi connectivity index (χ3n) is 1.28. The summed E-state index contributed by atoms with van der Waals surface area (Å²) in [6.07, 6.45) is 5.72. The summed E-state index contributed by atoms with van der Waals surface area (Å²) in [7, 11) is 0. The number of allylic oxidation sites excluding steroid dienone is 2. The van der Waals surface area contributed by atoms with Crippen LogP contribution >= 0.6 is 0 Å². The van der Waals surface area contributed by atoms with Crippen LogP contribution in [0.3, 0.4) is 0 Å². The van der Waals surface area contributed by atoms with Crippen molar-refractivity contribution in [2.24, 2.45) is 0 Å². The van der Waals surface area contributed by atoms with Crippen LogP contribution in [0.15, 0.2) is 24.5 Å². The molecular formula is C7H10N2. The highest BCUT2D eigenvalue weighted by atomic mass is 15.3. The molecule has 1 aromatic rings. The maximum Gasteiger partial charge on any atom is 0.0493 e. The monoisotopic (exact) mass is 122 g/mol. The smallest absolute Gasteiger partial charge is 0.0493 e. The summed E-state index contributed by atoms with van der Waals surface area (Å²) >= 11 is 0. The molecule has 2 heteroatoms. The highest BCUT2D eigenvalue weighted by molar-refractivity contribution is 5.39. The Morgan fingerprint density at radius 1 is 1.67 bits per heavy atom. The molecule has 0 saturated heterocycles. The molecule has 9 heavy (non-hydrogen) atoms. The lowest BCUT2D eigenvalue weighted by atomic mass is 10.5. The Morgan fingerprint density at radius 2 is 2.44 bits per heavy atom. The minimum atomic E-state index is 1.15. The predicted octanol–water partition coefficient (Wildman–Crippen LogP) is 1.76. The van der Waals surface area contributed by atoms with Crippen molar-refractivity contribution in [2.45, 2.75) is 13.8 Å². The van der Waals surface area contributed by atoms with Crippen LogP contribution in [0.5, 0.6) is 0 Å². The number of hydrogen-bond donors (Lipinski definition) is 0. The zero-order valence-corrected chi connectivity index (χ0v) is 5.70. The van der Waals surface area contributed by atoms with Crippen molar-refractivity contribution in [3.05, 3.63) is 24.5 Å². The van der Waals surface area contributed by atoms with Gasteiger partial charge in [0, 0.05) is 18.1 Å². The number of aromatic nitrogens is 2. The van der Waals surface area contributed by atoms with Crippen LogP contribution in [-0.2, 0) is 0 Å². The minimum Gasteiger partial charge on any atom is -0.246 e. The van der Waals surface area contributed by atoms with Gasteiger partial charge in [0.1, 0.15) is 0 Å². The average molecular weight is 122 g/mol. The van der Waals surface area contributed by atoms with Crippen molar-refractivity contribution in [1.29, 1.82) is 0 Å². The van der Waals surface area contributed by atoms with Crippen molar-refractivity contribution in [3.63, 3.8) is 0 Å². The first-order valence-electron chi connectivity index (χ1n) is 2.97. The number of rotatable bonds is 1. The maximum absolute atomic E-state index is 4.04. The molecule has 0 aromatic carbocycles. The molecule has 0 aliphatic heterocycles. The van der Waals surface area contributed by atoms with Crippen LogP contribution in [0.25, 0.3) is 5.70 Å². The van der Waals surface area contributed by atoms with Gasteiger partial charge >= 0.3 is 0 Å². The fourth-order valence-electron chi connectivity index (χ4n) is 0.610. The third-order valence-corrected chi connectivity index (χ3v) is 1.28. The molecule has 0 N–H and O–H groups in total. The van der Waals surface area contributed by atoms with Crippen LogP contribution in [0.2, 0.25) is 0 Å². The van der Waals surface area contributed by atoms with E-state index in [0.717, 1.165) is 5.70 Å². The van der Waals surface area contributed by atoms with E-state index in [1.165, 1.54) is 0 Å². The minimum absolute atomic E-state index is 1.15. The highest BCUT2D eigenvalue weighted by Gasteiger charge is 1.87. The van der Waals surface area contributed by atoms with Gasteiger partial charge in [-0.25, -0.2) is 4.68 Å². The molecule has 0 radical (unpaired) electrons. The Hall–Kier alpha value is -1.05. The van der Waals surface area contributed by atoms with Gasteiger partial charge in [-0.05, 0) is 19.9 Å². The van der Waals surface area contributed by atoms with Gasteiger partial charge in [0.25, 0.3) is 0 Å². The van der Waals surface area contributed by atoms with Crippen LogP contribution in [0, 0.1) is 0 Å². The SMILES string of the molecule is C/C=C(/C)n1cccn1. The van der Waals surface area contributed by atoms with Gasteiger partial charge in [-0.2, -0.15) is 5.10 Å². The first-order chi connectivity index (χ1) is 4.34. The predicted molar refractivity (Wildman–Crippen MR) is 37.8 cm³/mol. The van der Waals surface area contributed by atoms with Crippen LogP contribution in [-0.4, -0.2) is 9.78 Å². The normalized spacial score (nSPS) is 12.0. The molecule has 1 heterocycles. The van der Waals surface area contributed by atoms with E-state index in [1.54, 1.807) is 6.20 Å². The number of hydrogen-bond acceptors (Lipinski definition) is 1. The van der Waals surface area contributed by atoms with E-state index in [1.807, 2.05) is 36.9 Å². The summed E-state index contributed by atoms with van der Waals surface area (Å²) in [6.45, 7) is 4.02. The van der Waals surface area contributed by atoms with Crippen LogP contribution in [0.4, 0.5) is 0 Å². The van der Waals surface area contributed by atoms with Gasteiger partial charge in [-0.15, -0.1) is 0 Å². The summed E-state index contributed by atoms with van der Waals surface area (Å²) < 4.78 is 1.83. The molecule has 0 spiro atoms. The van der Waals surface area contributed by atoms with E-state index >= 15 is 0 Å². The molecule has 1 aromatic heterocycles. The lowest BCUT2D eigenvalue weighted by molar-refractivity contribution is 0.894. The summed E-state index contributed by atoms with van der Waals surface area (Å²) in [4.78, 5) is 0. The largest absolute Gasteiger partial charge is 0.246 e. The third kappa shape index (κ3) is 1.19. The Kier molecular flexibility index (Phi) is 1.68. The van der Waals surface area contributed by atoms with Crippen molar-refractivity contribution in [2.75, 3.05) is 0 Å². The van der Waals surface area contributed by atoms with Crippen molar-refractivity contribution >= 4 is 5.70 Å². The standard InChI is InChI=1S/C7H10N2/c1-3-7(2)9-6-4-5-8-9/h3-6H,1-2H3/b7-3-. The van der Waals surface area contributed by atoms with Crippen molar-refractivity contribution < 1.29 is 0 Å². The Morgan fingerprint density at radius 3 is 2.89 bits per heavy atom. The first-order valence-corrected chi connectivity index (χ1v) is 2.97. The van der Waals surface area contributed by atoms with Gasteiger partial charge < -0.3 is 0 Å². The van der Waals surface area contributed by atoms with Gasteiger partial charge in [0.05, 0.1) is 0 Å². The summed E-state index contributed by atoms with van der Waals surface area (Å²) in [5.74, 6) is 0. The topological polar surface area (TPSA) is 17.8 Å². The molecule has 0 aliphatic rings. The molecule has 0 unspecified atom stereocenters. The molecule has 0 amide bonds.